The molecular formula is CH20IN17O13+4. The standard InChI is InChI=1S/CH20IN17O13/c1-20-15(6)26-12(3)23-11-24-18(9,29-15)31-17(8)22-2-21-16(7)27-13(4)25-14(5)28-19(10,30-16)32-17/h11H,3-10H2,1H3/q+4. The van der Waals surface area contributed by atoms with Crippen molar-refractivity contribution < 1.29 is 108 Å². The van der Waals surface area contributed by atoms with Crippen LogP contribution >= 0.6 is 0 Å². The Labute approximate surface area is 184 Å². The van der Waals surface area contributed by atoms with Gasteiger partial charge in [0.2, 0.25) is 0 Å². The summed E-state index contributed by atoms with van der Waals surface area (Å²) >= 11 is -2.14. The second kappa shape index (κ2) is 9.29. The summed E-state index contributed by atoms with van der Waals surface area (Å²) in [6.45, 7) is 0. The molecular weight excluding hydrogens is 585 g/mol. The second-order valence-corrected chi connectivity index (χ2v) is 6.01. The summed E-state index contributed by atoms with van der Waals surface area (Å²) in [5.74, 6) is 44.1. The summed E-state index contributed by atoms with van der Waals surface area (Å²) in [4.78, 5) is 52.2. The van der Waals surface area contributed by atoms with E-state index in [4.69, 9.17) is 82.7 Å². The summed E-state index contributed by atoms with van der Waals surface area (Å²) in [5.41, 5.74) is 1.66. The molecule has 3 heterocycles. The van der Waals surface area contributed by atoms with Gasteiger partial charge >= 0.3 is 184 Å². The summed E-state index contributed by atoms with van der Waals surface area (Å²) < 4.78 is 10.0. The van der Waals surface area contributed by atoms with E-state index < -0.39 is 47.4 Å². The third-order valence-corrected chi connectivity index (χ3v) is 3.87. The van der Waals surface area contributed by atoms with Crippen molar-refractivity contribution in [3.05, 3.63) is 0 Å². The summed E-state index contributed by atoms with van der Waals surface area (Å²) in [6, 6.07) is 0. The number of quaternary nitrogens is 5. The molecule has 0 spiro atoms. The van der Waals surface area contributed by atoms with Crippen LogP contribution in [0.1, 0.15) is 0 Å². The molecule has 3 aliphatic rings. The van der Waals surface area contributed by atoms with Gasteiger partial charge in [-0.1, -0.05) is 0 Å². The molecule has 3 saturated heterocycles. The average Bonchev–Trinajstić information content (AvgIpc) is 2.56. The normalized spacial score (nSPS) is 46.7. The summed E-state index contributed by atoms with van der Waals surface area (Å²) in [6.07, 6.45) is 0. The molecule has 2 bridgehead atoms. The van der Waals surface area contributed by atoms with Gasteiger partial charge in [-0.2, -0.15) is 0 Å². The molecule has 32 heavy (non-hydrogen) atoms. The maximum absolute atomic E-state index is 5.77. The molecule has 3 fully saturated rings. The zero-order chi connectivity index (χ0) is 23.8. The Morgan fingerprint density at radius 3 is 2.06 bits per heavy atom. The SMILES string of the molecule is CO[N+]1(N)ON(N)ONO[N+](N)(O[N+]2(N)O[I-]O[N+]3(N)ON(N)ON(N)O[N+](N)(O3)O2)O1. The van der Waals surface area contributed by atoms with E-state index in [2.05, 4.69) is 24.6 Å². The van der Waals surface area contributed by atoms with Gasteiger partial charge in [0.1, 0.15) is 0 Å². The Hall–Kier alpha value is -0.470. The topological polar surface area (TPSA) is 350 Å². The van der Waals surface area contributed by atoms with Crippen molar-refractivity contribution in [1.29, 1.82) is 0 Å². The summed E-state index contributed by atoms with van der Waals surface area (Å²) in [5, 5.41) is -10.2. The zero-order valence-electron chi connectivity index (χ0n) is 15.4. The molecule has 3 rings (SSSR count). The number of rotatable bonds is 3. The number of hydrogen-bond donors (Lipinski definition) is 9. The maximum atomic E-state index is 5.77. The average molecular weight is 605 g/mol. The zero-order valence-corrected chi connectivity index (χ0v) is 17.5. The van der Waals surface area contributed by atoms with Crippen LogP contribution in [0.15, 0.2) is 0 Å². The van der Waals surface area contributed by atoms with E-state index in [1.807, 2.05) is 0 Å². The number of nitrogens with zero attached hydrogens (tertiary/aromatic N) is 8. The Bertz CT molecular complexity index is 664. The van der Waals surface area contributed by atoms with Crippen molar-refractivity contribution in [3.8, 4) is 0 Å². The molecule has 17 N–H and O–H groups in total. The van der Waals surface area contributed by atoms with Crippen LogP contribution in [-0.4, -0.2) is 48.5 Å². The molecule has 0 radical (unpaired) electrons. The molecule has 0 saturated carbocycles. The number of hydrazine groups is 3. The molecule has 3 aliphatic heterocycles. The van der Waals surface area contributed by atoms with Crippen molar-refractivity contribution in [3.63, 3.8) is 0 Å². The molecule has 190 valence electrons. The minimum absolute atomic E-state index is 0.0494. The van der Waals surface area contributed by atoms with Crippen LogP contribution in [-0.2, 0) is 60.6 Å². The predicted molar refractivity (Wildman–Crippen MR) is 63.5 cm³/mol. The van der Waals surface area contributed by atoms with Gasteiger partial charge in [0.25, 0.3) is 0 Å². The van der Waals surface area contributed by atoms with Gasteiger partial charge in [0, 0.05) is 0 Å². The van der Waals surface area contributed by atoms with Crippen LogP contribution in [0.25, 0.3) is 0 Å². The Balaban J connectivity index is 1.83. The van der Waals surface area contributed by atoms with Gasteiger partial charge in [-0.05, 0) is 0 Å². The number of fused-ring (bicyclic) bond motifs is 2. The Morgan fingerprint density at radius 2 is 1.41 bits per heavy atom. The van der Waals surface area contributed by atoms with E-state index in [0.29, 0.717) is 0 Å². The van der Waals surface area contributed by atoms with Gasteiger partial charge in [-0.15, -0.1) is 0 Å². The third kappa shape index (κ3) is 6.56. The van der Waals surface area contributed by atoms with E-state index >= 15 is 0 Å². The first-order chi connectivity index (χ1) is 14.7. The number of hydrogen-bond acceptors (Lipinski definition) is 25. The van der Waals surface area contributed by atoms with Crippen LogP contribution in [0.5, 0.6) is 0 Å². The molecule has 0 aliphatic carbocycles. The first-order valence-corrected chi connectivity index (χ1v) is 8.79. The predicted octanol–water partition coefficient (Wildman–Crippen LogP) is -11.6. The number of nitrogens with one attached hydrogen (secondary N) is 1. The van der Waals surface area contributed by atoms with Gasteiger partial charge in [0.05, 0.1) is 0 Å². The fraction of sp³-hybridized carbons (Fsp3) is 1.00. The van der Waals surface area contributed by atoms with E-state index in [9.17, 15) is 0 Å². The van der Waals surface area contributed by atoms with E-state index in [1.54, 1.807) is 5.64 Å². The van der Waals surface area contributed by atoms with Crippen molar-refractivity contribution >= 4 is 0 Å². The quantitative estimate of drug-likeness (QED) is 0.0819. The molecule has 5 unspecified atom stereocenters. The summed E-state index contributed by atoms with van der Waals surface area (Å²) in [7, 11) is 0.972. The number of halogens is 1. The van der Waals surface area contributed by atoms with Crippen LogP contribution in [0.3, 0.4) is 0 Å². The molecule has 0 amide bonds. The van der Waals surface area contributed by atoms with E-state index in [1.165, 1.54) is 0 Å². The fourth-order valence-electron chi connectivity index (χ4n) is 1.55. The van der Waals surface area contributed by atoms with Crippen LogP contribution < -0.4 is 74.4 Å². The van der Waals surface area contributed by atoms with Crippen LogP contribution in [0, 0.1) is 0 Å². The van der Waals surface area contributed by atoms with E-state index in [-0.39, 0.29) is 16.0 Å². The van der Waals surface area contributed by atoms with Crippen LogP contribution in [0.4, 0.5) is 0 Å². The third-order valence-electron chi connectivity index (χ3n) is 2.45. The molecule has 30 nitrogen and oxygen atoms in total. The molecule has 31 heteroatoms. The Kier molecular flexibility index (Phi) is 7.59. The van der Waals surface area contributed by atoms with Gasteiger partial charge < -0.3 is 0 Å². The van der Waals surface area contributed by atoms with Crippen molar-refractivity contribution in [1.82, 2.24) is 21.6 Å². The van der Waals surface area contributed by atoms with Crippen molar-refractivity contribution in [2.75, 3.05) is 7.11 Å². The van der Waals surface area contributed by atoms with Gasteiger partial charge in [-0.3, -0.25) is 0 Å². The molecule has 0 aromatic carbocycles. The van der Waals surface area contributed by atoms with Gasteiger partial charge in [0.15, 0.2) is 0 Å². The van der Waals surface area contributed by atoms with Crippen molar-refractivity contribution in [2.45, 2.75) is 0 Å². The first kappa shape index (κ1) is 26.1. The first-order valence-electron chi connectivity index (χ1n) is 7.02. The van der Waals surface area contributed by atoms with Crippen LogP contribution in [0.2, 0.25) is 0 Å². The monoisotopic (exact) mass is 605 g/mol. The molecule has 5 atom stereocenters. The van der Waals surface area contributed by atoms with Crippen molar-refractivity contribution in [2.24, 2.45) is 46.7 Å². The second-order valence-electron chi connectivity index (χ2n) is 4.86. The van der Waals surface area contributed by atoms with E-state index in [0.717, 1.165) is 7.11 Å². The Morgan fingerprint density at radius 1 is 0.750 bits per heavy atom. The van der Waals surface area contributed by atoms with Gasteiger partial charge in [-0.25, -0.2) is 0 Å². The fourth-order valence-corrected chi connectivity index (χ4v) is 2.36. The minimum atomic E-state index is -2.22. The molecule has 0 aromatic rings. The molecule has 0 aromatic heterocycles. The number of nitrogens with two attached hydrogens (primary N) is 8.